The van der Waals surface area contributed by atoms with Gasteiger partial charge in [-0.2, -0.15) is 0 Å². The maximum absolute atomic E-state index is 11.6. The van der Waals surface area contributed by atoms with Crippen LogP contribution in [0, 0.1) is 0 Å². The molecule has 0 aromatic heterocycles. The first-order valence-electron chi connectivity index (χ1n) is 4.61. The lowest BCUT2D eigenvalue weighted by Gasteiger charge is -2.29. The molecule has 16 heavy (non-hydrogen) atoms. The van der Waals surface area contributed by atoms with E-state index in [0.717, 1.165) is 0 Å². The molecule has 0 aliphatic carbocycles. The van der Waals surface area contributed by atoms with Crippen molar-refractivity contribution in [2.75, 3.05) is 6.61 Å². The lowest BCUT2D eigenvalue weighted by Crippen LogP contribution is -2.57. The van der Waals surface area contributed by atoms with E-state index in [-0.39, 0.29) is 11.1 Å². The van der Waals surface area contributed by atoms with Gasteiger partial charge in [-0.3, -0.25) is 9.59 Å². The van der Waals surface area contributed by atoms with Crippen molar-refractivity contribution >= 4 is 11.6 Å². The third-order valence-corrected chi connectivity index (χ3v) is 2.12. The number of carbonyl (C=O) groups excluding carboxylic acids is 2. The molecule has 0 aliphatic heterocycles. The minimum Gasteiger partial charge on any atom is -0.394 e. The molecular weight excluding hydrogens is 212 g/mol. The van der Waals surface area contributed by atoms with Crippen molar-refractivity contribution in [2.45, 2.75) is 25.6 Å². The highest BCUT2D eigenvalue weighted by Crippen LogP contribution is 2.21. The van der Waals surface area contributed by atoms with E-state index in [1.807, 2.05) is 0 Å². The van der Waals surface area contributed by atoms with Gasteiger partial charge in [-0.15, -0.1) is 0 Å². The van der Waals surface area contributed by atoms with Crippen LogP contribution in [0.25, 0.3) is 0 Å². The van der Waals surface area contributed by atoms with Gasteiger partial charge in [0.1, 0.15) is 6.10 Å². The summed E-state index contributed by atoms with van der Waals surface area (Å²) >= 11 is 0. The van der Waals surface area contributed by atoms with E-state index in [2.05, 4.69) is 13.2 Å². The zero-order valence-electron chi connectivity index (χ0n) is 9.36. The van der Waals surface area contributed by atoms with Gasteiger partial charge in [-0.25, -0.2) is 0 Å². The largest absolute Gasteiger partial charge is 0.394 e. The highest BCUT2D eigenvalue weighted by molar-refractivity contribution is 6.21. The number of rotatable bonds is 6. The van der Waals surface area contributed by atoms with Gasteiger partial charge in [0.05, 0.1) is 6.61 Å². The second kappa shape index (κ2) is 5.16. The van der Waals surface area contributed by atoms with Crippen molar-refractivity contribution in [3.63, 3.8) is 0 Å². The van der Waals surface area contributed by atoms with Gasteiger partial charge >= 0.3 is 0 Å². The number of Topliss-reactive ketones (excluding diaryl/α,β-unsaturated/α-hetero) is 2. The van der Waals surface area contributed by atoms with Crippen molar-refractivity contribution in [1.82, 2.24) is 0 Å². The summed E-state index contributed by atoms with van der Waals surface area (Å²) < 4.78 is 0. The van der Waals surface area contributed by atoms with Gasteiger partial charge in [0.25, 0.3) is 0 Å². The second-order valence-electron chi connectivity index (χ2n) is 3.68. The average Bonchev–Trinajstić information content (AvgIpc) is 2.24. The Balaban J connectivity index is 5.53. The van der Waals surface area contributed by atoms with Crippen LogP contribution >= 0.6 is 0 Å². The lowest BCUT2D eigenvalue weighted by molar-refractivity contribution is -0.161. The summed E-state index contributed by atoms with van der Waals surface area (Å²) in [5.74, 6) is -2.05. The summed E-state index contributed by atoms with van der Waals surface area (Å²) in [7, 11) is 0. The van der Waals surface area contributed by atoms with Crippen molar-refractivity contribution < 1.29 is 24.9 Å². The fraction of sp³-hybridized carbons (Fsp3) is 0.455. The van der Waals surface area contributed by atoms with Gasteiger partial charge in [-0.05, 0) is 25.0 Å². The highest BCUT2D eigenvalue weighted by atomic mass is 16.4. The molecule has 0 saturated carbocycles. The predicted molar refractivity (Wildman–Crippen MR) is 57.7 cm³/mol. The smallest absolute Gasteiger partial charge is 0.218 e. The molecule has 0 aromatic carbocycles. The fourth-order valence-electron chi connectivity index (χ4n) is 1.19. The molecule has 0 amide bonds. The van der Waals surface area contributed by atoms with E-state index in [4.69, 9.17) is 5.11 Å². The summed E-state index contributed by atoms with van der Waals surface area (Å²) in [4.78, 5) is 23.3. The molecule has 0 saturated heterocycles. The van der Waals surface area contributed by atoms with E-state index >= 15 is 0 Å². The summed E-state index contributed by atoms with van der Waals surface area (Å²) in [6.07, 6.45) is -1.90. The normalized spacial score (nSPS) is 13.1. The summed E-state index contributed by atoms with van der Waals surface area (Å²) in [6.45, 7) is 8.26. The minimum atomic E-state index is -2.70. The van der Waals surface area contributed by atoms with Crippen LogP contribution in [0.3, 0.4) is 0 Å². The zero-order valence-corrected chi connectivity index (χ0v) is 9.36. The number of ketones is 2. The maximum Gasteiger partial charge on any atom is 0.218 e. The van der Waals surface area contributed by atoms with Gasteiger partial charge in [-0.1, -0.05) is 13.2 Å². The molecule has 0 radical (unpaired) electrons. The Kier molecular flexibility index (Phi) is 4.74. The summed E-state index contributed by atoms with van der Waals surface area (Å²) in [5.41, 5.74) is -2.89. The predicted octanol–water partition coefficient (Wildman–Crippen LogP) is -0.639. The van der Waals surface area contributed by atoms with E-state index in [1.54, 1.807) is 0 Å². The molecule has 3 N–H and O–H groups in total. The van der Waals surface area contributed by atoms with Crippen LogP contribution in [0.5, 0.6) is 0 Å². The topological polar surface area (TPSA) is 94.8 Å². The van der Waals surface area contributed by atoms with Crippen molar-refractivity contribution in [1.29, 1.82) is 0 Å². The average molecular weight is 228 g/mol. The quantitative estimate of drug-likeness (QED) is 0.415. The van der Waals surface area contributed by atoms with Crippen LogP contribution in [0.15, 0.2) is 24.3 Å². The van der Waals surface area contributed by atoms with E-state index in [1.165, 1.54) is 13.8 Å². The van der Waals surface area contributed by atoms with Crippen LogP contribution < -0.4 is 0 Å². The standard InChI is InChI=1S/C11H16O5/c1-6(2)9(14)11(16,8(13)5-12)10(15)7(3)4/h8,12-13,16H,1,3,5H2,2,4H3. The van der Waals surface area contributed by atoms with E-state index in [0.29, 0.717) is 0 Å². The van der Waals surface area contributed by atoms with Crippen LogP contribution in [0.4, 0.5) is 0 Å². The Morgan fingerprint density at radius 2 is 1.50 bits per heavy atom. The Morgan fingerprint density at radius 3 is 1.69 bits per heavy atom. The monoisotopic (exact) mass is 228 g/mol. The SMILES string of the molecule is C=C(C)C(=O)C(O)(C(=O)C(=C)C)C(O)CO. The number of carbonyl (C=O) groups is 2. The molecule has 0 aliphatic rings. The molecule has 0 heterocycles. The maximum atomic E-state index is 11.6. The first kappa shape index (κ1) is 14.7. The zero-order chi connectivity index (χ0) is 13.1. The van der Waals surface area contributed by atoms with Crippen molar-refractivity contribution in [3.8, 4) is 0 Å². The first-order valence-corrected chi connectivity index (χ1v) is 4.61. The molecule has 90 valence electrons. The molecule has 0 aromatic rings. The van der Waals surface area contributed by atoms with Crippen LogP contribution in [0.1, 0.15) is 13.8 Å². The summed E-state index contributed by atoms with van der Waals surface area (Å²) in [6, 6.07) is 0. The van der Waals surface area contributed by atoms with Gasteiger partial charge in [0.2, 0.25) is 5.60 Å². The second-order valence-corrected chi connectivity index (χ2v) is 3.68. The van der Waals surface area contributed by atoms with E-state index in [9.17, 15) is 19.8 Å². The Labute approximate surface area is 93.7 Å². The van der Waals surface area contributed by atoms with Crippen LogP contribution in [-0.2, 0) is 9.59 Å². The lowest BCUT2D eigenvalue weighted by atomic mass is 9.82. The Morgan fingerprint density at radius 1 is 1.19 bits per heavy atom. The van der Waals surface area contributed by atoms with Gasteiger partial charge < -0.3 is 15.3 Å². The molecule has 0 fully saturated rings. The van der Waals surface area contributed by atoms with Gasteiger partial charge in [0.15, 0.2) is 11.6 Å². The number of aliphatic hydroxyl groups excluding tert-OH is 2. The summed E-state index contributed by atoms with van der Waals surface area (Å²) in [5, 5.41) is 28.1. The number of hydrogen-bond donors (Lipinski definition) is 3. The molecule has 0 bridgehead atoms. The third-order valence-electron chi connectivity index (χ3n) is 2.12. The molecule has 1 atom stereocenters. The number of aliphatic hydroxyl groups is 3. The minimum absolute atomic E-state index is 0.0930. The fourth-order valence-corrected chi connectivity index (χ4v) is 1.19. The Hall–Kier alpha value is -1.30. The molecule has 5 heteroatoms. The Bertz CT molecular complexity index is 316. The third kappa shape index (κ3) is 2.44. The van der Waals surface area contributed by atoms with Crippen molar-refractivity contribution in [2.24, 2.45) is 0 Å². The molecule has 0 rings (SSSR count). The van der Waals surface area contributed by atoms with Gasteiger partial charge in [0, 0.05) is 0 Å². The molecule has 1 unspecified atom stereocenters. The van der Waals surface area contributed by atoms with Crippen molar-refractivity contribution in [3.05, 3.63) is 24.3 Å². The number of hydrogen-bond acceptors (Lipinski definition) is 5. The highest BCUT2D eigenvalue weighted by Gasteiger charge is 2.49. The first-order chi connectivity index (χ1) is 7.19. The molecule has 5 nitrogen and oxygen atoms in total. The van der Waals surface area contributed by atoms with Crippen LogP contribution in [0.2, 0.25) is 0 Å². The van der Waals surface area contributed by atoms with E-state index < -0.39 is 29.9 Å². The molecule has 0 spiro atoms. The molecular formula is C11H16O5. The van der Waals surface area contributed by atoms with Crippen LogP contribution in [-0.4, -0.2) is 45.2 Å².